The lowest BCUT2D eigenvalue weighted by molar-refractivity contribution is 0.0699. The third-order valence-corrected chi connectivity index (χ3v) is 3.94. The molecule has 0 bridgehead atoms. The second kappa shape index (κ2) is 5.49. The Balaban J connectivity index is 2.53. The molecule has 1 heterocycles. The van der Waals surface area contributed by atoms with Gasteiger partial charge >= 0.3 is 5.97 Å². The Hall–Kier alpha value is -2.10. The van der Waals surface area contributed by atoms with Crippen LogP contribution < -0.4 is 5.32 Å². The van der Waals surface area contributed by atoms with Crippen molar-refractivity contribution in [3.8, 4) is 0 Å². The lowest BCUT2D eigenvalue weighted by Gasteiger charge is -2.29. The van der Waals surface area contributed by atoms with Crippen LogP contribution in [0.5, 0.6) is 0 Å². The molecule has 4 heteroatoms. The summed E-state index contributed by atoms with van der Waals surface area (Å²) in [4.78, 5) is 15.9. The summed E-state index contributed by atoms with van der Waals surface area (Å²) >= 11 is 0. The molecule has 2 rings (SSSR count). The number of benzene rings is 1. The molecule has 1 aromatic heterocycles. The van der Waals surface area contributed by atoms with Crippen molar-refractivity contribution in [2.45, 2.75) is 39.2 Å². The third-order valence-electron chi connectivity index (χ3n) is 3.94. The summed E-state index contributed by atoms with van der Waals surface area (Å²) in [5, 5.41) is 13.4. The number of hydrogen-bond acceptors (Lipinski definition) is 3. The van der Waals surface area contributed by atoms with E-state index in [9.17, 15) is 9.90 Å². The van der Waals surface area contributed by atoms with Crippen LogP contribution in [0, 0.1) is 0 Å². The van der Waals surface area contributed by atoms with Crippen molar-refractivity contribution < 1.29 is 9.90 Å². The summed E-state index contributed by atoms with van der Waals surface area (Å²) in [6.07, 6.45) is 1.89. The maximum atomic E-state index is 11.4. The van der Waals surface area contributed by atoms with Crippen LogP contribution >= 0.6 is 0 Å². The van der Waals surface area contributed by atoms with Crippen LogP contribution in [0.1, 0.15) is 44.0 Å². The summed E-state index contributed by atoms with van der Waals surface area (Å²) in [6, 6.07) is 8.93. The van der Waals surface area contributed by atoms with Gasteiger partial charge in [-0.2, -0.15) is 0 Å². The fourth-order valence-corrected chi connectivity index (χ4v) is 2.15. The maximum absolute atomic E-state index is 11.4. The van der Waals surface area contributed by atoms with Crippen molar-refractivity contribution in [3.05, 3.63) is 35.9 Å². The SMILES string of the molecule is CCC(C)(CC)Nc1cc(C(=O)O)c2ccccc2n1. The highest BCUT2D eigenvalue weighted by atomic mass is 16.4. The number of pyridine rings is 1. The Kier molecular flexibility index (Phi) is 3.93. The molecule has 0 radical (unpaired) electrons. The second-order valence-electron chi connectivity index (χ2n) is 5.27. The number of anilines is 1. The molecule has 0 aliphatic carbocycles. The van der Waals surface area contributed by atoms with E-state index < -0.39 is 5.97 Å². The zero-order chi connectivity index (χ0) is 14.8. The molecule has 2 N–H and O–H groups in total. The van der Waals surface area contributed by atoms with Crippen molar-refractivity contribution in [1.82, 2.24) is 4.98 Å². The average Bonchev–Trinajstić information content (AvgIpc) is 2.46. The maximum Gasteiger partial charge on any atom is 0.336 e. The van der Waals surface area contributed by atoms with Crippen LogP contribution in [0.2, 0.25) is 0 Å². The molecule has 20 heavy (non-hydrogen) atoms. The zero-order valence-corrected chi connectivity index (χ0v) is 12.1. The third kappa shape index (κ3) is 2.74. The van der Waals surface area contributed by atoms with Gasteiger partial charge in [-0.3, -0.25) is 0 Å². The minimum Gasteiger partial charge on any atom is -0.478 e. The lowest BCUT2D eigenvalue weighted by atomic mass is 9.95. The van der Waals surface area contributed by atoms with Gasteiger partial charge in [0.25, 0.3) is 0 Å². The van der Waals surface area contributed by atoms with Gasteiger partial charge in [-0.15, -0.1) is 0 Å². The Morgan fingerprint density at radius 3 is 2.55 bits per heavy atom. The van der Waals surface area contributed by atoms with E-state index in [0.717, 1.165) is 12.8 Å². The minimum atomic E-state index is -0.929. The van der Waals surface area contributed by atoms with Crippen molar-refractivity contribution in [1.29, 1.82) is 0 Å². The van der Waals surface area contributed by atoms with Crippen molar-refractivity contribution in [2.75, 3.05) is 5.32 Å². The minimum absolute atomic E-state index is 0.0781. The standard InChI is InChI=1S/C16H20N2O2/c1-4-16(3,5-2)18-14-10-12(15(19)20)11-8-6-7-9-13(11)17-14/h6-10H,4-5H2,1-3H3,(H,17,18)(H,19,20). The highest BCUT2D eigenvalue weighted by molar-refractivity contribution is 6.03. The molecule has 0 unspecified atom stereocenters. The number of fused-ring (bicyclic) bond motifs is 1. The van der Waals surface area contributed by atoms with E-state index in [-0.39, 0.29) is 11.1 Å². The van der Waals surface area contributed by atoms with E-state index in [0.29, 0.717) is 16.7 Å². The van der Waals surface area contributed by atoms with Gasteiger partial charge in [0.1, 0.15) is 5.82 Å². The second-order valence-corrected chi connectivity index (χ2v) is 5.27. The van der Waals surface area contributed by atoms with Crippen molar-refractivity contribution >= 4 is 22.7 Å². The number of carboxylic acid groups (broad SMARTS) is 1. The molecular weight excluding hydrogens is 252 g/mol. The molecule has 0 spiro atoms. The first-order valence-corrected chi connectivity index (χ1v) is 6.90. The Labute approximate surface area is 118 Å². The van der Waals surface area contributed by atoms with Gasteiger partial charge in [0.2, 0.25) is 0 Å². The molecule has 0 saturated carbocycles. The van der Waals surface area contributed by atoms with Crippen LogP contribution in [0.25, 0.3) is 10.9 Å². The van der Waals surface area contributed by atoms with Gasteiger partial charge in [-0.25, -0.2) is 9.78 Å². The first-order valence-electron chi connectivity index (χ1n) is 6.90. The summed E-state index contributed by atoms with van der Waals surface area (Å²) in [5.41, 5.74) is 0.905. The van der Waals surface area contributed by atoms with E-state index in [1.165, 1.54) is 0 Å². The Bertz CT molecular complexity index is 633. The first-order chi connectivity index (χ1) is 9.49. The molecule has 4 nitrogen and oxygen atoms in total. The quantitative estimate of drug-likeness (QED) is 0.865. The molecule has 0 fully saturated rings. The number of aromatic carboxylic acids is 1. The van der Waals surface area contributed by atoms with E-state index >= 15 is 0 Å². The molecular formula is C16H20N2O2. The molecule has 0 saturated heterocycles. The summed E-state index contributed by atoms with van der Waals surface area (Å²) in [7, 11) is 0. The smallest absolute Gasteiger partial charge is 0.336 e. The molecule has 106 valence electrons. The number of aromatic nitrogens is 1. The zero-order valence-electron chi connectivity index (χ0n) is 12.1. The van der Waals surface area contributed by atoms with Gasteiger partial charge in [0, 0.05) is 10.9 Å². The van der Waals surface area contributed by atoms with Crippen LogP contribution in [-0.2, 0) is 0 Å². The molecule has 2 aromatic rings. The van der Waals surface area contributed by atoms with E-state index in [1.807, 2.05) is 18.2 Å². The average molecular weight is 272 g/mol. The predicted molar refractivity (Wildman–Crippen MR) is 81.3 cm³/mol. The van der Waals surface area contributed by atoms with Gasteiger partial charge in [-0.05, 0) is 31.9 Å². The normalized spacial score (nSPS) is 11.6. The lowest BCUT2D eigenvalue weighted by Crippen LogP contribution is -2.33. The van der Waals surface area contributed by atoms with Crippen LogP contribution in [0.15, 0.2) is 30.3 Å². The molecule has 0 aliphatic rings. The molecule has 1 aromatic carbocycles. The van der Waals surface area contributed by atoms with Crippen LogP contribution in [-0.4, -0.2) is 21.6 Å². The fourth-order valence-electron chi connectivity index (χ4n) is 2.15. The molecule has 0 aliphatic heterocycles. The van der Waals surface area contributed by atoms with Gasteiger partial charge in [0.05, 0.1) is 11.1 Å². The van der Waals surface area contributed by atoms with Gasteiger partial charge < -0.3 is 10.4 Å². The largest absolute Gasteiger partial charge is 0.478 e. The predicted octanol–water partition coefficient (Wildman–Crippen LogP) is 3.92. The van der Waals surface area contributed by atoms with Crippen molar-refractivity contribution in [2.24, 2.45) is 0 Å². The summed E-state index contributed by atoms with van der Waals surface area (Å²) in [6.45, 7) is 6.33. The van der Waals surface area contributed by atoms with E-state index in [2.05, 4.69) is 31.1 Å². The number of carboxylic acids is 1. The summed E-state index contributed by atoms with van der Waals surface area (Å²) < 4.78 is 0. The summed E-state index contributed by atoms with van der Waals surface area (Å²) in [5.74, 6) is -0.311. The van der Waals surface area contributed by atoms with Gasteiger partial charge in [-0.1, -0.05) is 32.0 Å². The first kappa shape index (κ1) is 14.3. The fraction of sp³-hybridized carbons (Fsp3) is 0.375. The number of nitrogens with one attached hydrogen (secondary N) is 1. The van der Waals surface area contributed by atoms with Crippen LogP contribution in [0.4, 0.5) is 5.82 Å². The van der Waals surface area contributed by atoms with Gasteiger partial charge in [0.15, 0.2) is 0 Å². The monoisotopic (exact) mass is 272 g/mol. The van der Waals surface area contributed by atoms with Crippen molar-refractivity contribution in [3.63, 3.8) is 0 Å². The number of hydrogen-bond donors (Lipinski definition) is 2. The number of nitrogens with zero attached hydrogens (tertiary/aromatic N) is 1. The number of para-hydroxylation sites is 1. The van der Waals surface area contributed by atoms with E-state index in [4.69, 9.17) is 0 Å². The highest BCUT2D eigenvalue weighted by Gasteiger charge is 2.21. The number of carbonyl (C=O) groups is 1. The Morgan fingerprint density at radius 2 is 1.95 bits per heavy atom. The van der Waals surface area contributed by atoms with Crippen LogP contribution in [0.3, 0.4) is 0 Å². The van der Waals surface area contributed by atoms with E-state index in [1.54, 1.807) is 12.1 Å². The topological polar surface area (TPSA) is 62.2 Å². The molecule has 0 atom stereocenters. The Morgan fingerprint density at radius 1 is 1.30 bits per heavy atom. The number of rotatable bonds is 5. The molecule has 0 amide bonds. The highest BCUT2D eigenvalue weighted by Crippen LogP contribution is 2.25.